The Labute approximate surface area is 119 Å². The van der Waals surface area contributed by atoms with Gasteiger partial charge in [-0.1, -0.05) is 0 Å². The van der Waals surface area contributed by atoms with Crippen LogP contribution >= 0.6 is 11.5 Å². The van der Waals surface area contributed by atoms with Crippen molar-refractivity contribution in [3.8, 4) is 5.75 Å². The molecule has 0 aromatic carbocycles. The monoisotopic (exact) mass is 284 g/mol. The van der Waals surface area contributed by atoms with E-state index in [0.29, 0.717) is 11.9 Å². The quantitative estimate of drug-likeness (QED) is 0.917. The highest BCUT2D eigenvalue weighted by molar-refractivity contribution is 7.11. The third-order valence-electron chi connectivity index (χ3n) is 3.57. The number of rotatable bonds is 4. The minimum Gasteiger partial charge on any atom is -0.484 e. The van der Waals surface area contributed by atoms with E-state index in [2.05, 4.69) is 28.3 Å². The summed E-state index contributed by atoms with van der Waals surface area (Å²) in [5.74, 6) is 1.26. The molecule has 108 valence electrons. The summed E-state index contributed by atoms with van der Waals surface area (Å²) in [5, 5.41) is 1.06. The number of piperidine rings is 1. The van der Waals surface area contributed by atoms with E-state index in [4.69, 9.17) is 10.5 Å². The van der Waals surface area contributed by atoms with Crippen molar-refractivity contribution in [3.05, 3.63) is 0 Å². The molecule has 19 heavy (non-hydrogen) atoms. The molecule has 2 rings (SSSR count). The van der Waals surface area contributed by atoms with Gasteiger partial charge in [0.05, 0.1) is 6.10 Å². The van der Waals surface area contributed by atoms with Crippen molar-refractivity contribution < 1.29 is 4.74 Å². The predicted molar refractivity (Wildman–Crippen MR) is 81.2 cm³/mol. The molecule has 1 aromatic heterocycles. The Bertz CT molecular complexity index is 413. The summed E-state index contributed by atoms with van der Waals surface area (Å²) >= 11 is 1.43. The molecule has 1 aliphatic heterocycles. The molecule has 6 heteroatoms. The summed E-state index contributed by atoms with van der Waals surface area (Å²) in [6, 6.07) is 0.547. The molecular weight excluding hydrogens is 260 g/mol. The minimum absolute atomic E-state index is 0.114. The molecular formula is C13H24N4OS. The fourth-order valence-electron chi connectivity index (χ4n) is 2.40. The van der Waals surface area contributed by atoms with Crippen LogP contribution in [0.1, 0.15) is 26.7 Å². The van der Waals surface area contributed by atoms with Crippen LogP contribution in [0.5, 0.6) is 5.75 Å². The first-order valence-corrected chi connectivity index (χ1v) is 7.59. The Hall–Kier alpha value is -1.01. The van der Waals surface area contributed by atoms with Gasteiger partial charge in [0.15, 0.2) is 16.6 Å². The van der Waals surface area contributed by atoms with E-state index < -0.39 is 0 Å². The van der Waals surface area contributed by atoms with Crippen LogP contribution in [0.25, 0.3) is 0 Å². The first-order chi connectivity index (χ1) is 8.99. The van der Waals surface area contributed by atoms with Gasteiger partial charge in [0.1, 0.15) is 0 Å². The molecule has 0 aliphatic carbocycles. The third-order valence-corrected chi connectivity index (χ3v) is 4.50. The Morgan fingerprint density at radius 2 is 2.05 bits per heavy atom. The van der Waals surface area contributed by atoms with Gasteiger partial charge in [-0.15, -0.1) is 0 Å². The molecule has 1 aromatic rings. The van der Waals surface area contributed by atoms with Crippen LogP contribution in [0.2, 0.25) is 0 Å². The van der Waals surface area contributed by atoms with Crippen molar-refractivity contribution in [2.45, 2.75) is 38.8 Å². The van der Waals surface area contributed by atoms with Gasteiger partial charge >= 0.3 is 0 Å². The molecule has 5 nitrogen and oxygen atoms in total. The lowest BCUT2D eigenvalue weighted by atomic mass is 10.0. The molecule has 1 saturated heterocycles. The highest BCUT2D eigenvalue weighted by atomic mass is 32.1. The molecule has 1 fully saturated rings. The van der Waals surface area contributed by atoms with E-state index in [9.17, 15) is 0 Å². The van der Waals surface area contributed by atoms with Gasteiger partial charge in [-0.2, -0.15) is 4.37 Å². The first kappa shape index (κ1) is 14.4. The molecule has 0 saturated carbocycles. The Morgan fingerprint density at radius 3 is 2.63 bits per heavy atom. The molecule has 0 spiro atoms. The number of hydrogen-bond acceptors (Lipinski definition) is 6. The second-order valence-electron chi connectivity index (χ2n) is 5.51. The number of nitrogens with zero attached hydrogens (tertiary/aromatic N) is 3. The van der Waals surface area contributed by atoms with Crippen molar-refractivity contribution in [1.29, 1.82) is 0 Å². The van der Waals surface area contributed by atoms with Crippen LogP contribution in [-0.4, -0.2) is 48.6 Å². The van der Waals surface area contributed by atoms with Crippen molar-refractivity contribution in [2.75, 3.05) is 37.8 Å². The number of aromatic nitrogens is 1. The zero-order valence-corrected chi connectivity index (χ0v) is 13.0. The zero-order chi connectivity index (χ0) is 14.0. The van der Waals surface area contributed by atoms with Gasteiger partial charge in [-0.05, 0) is 58.4 Å². The summed E-state index contributed by atoms with van der Waals surface area (Å²) in [6.45, 7) is 6.31. The number of nitrogen functional groups attached to an aromatic ring is 1. The summed E-state index contributed by atoms with van der Waals surface area (Å²) < 4.78 is 10.1. The summed E-state index contributed by atoms with van der Waals surface area (Å²) in [4.78, 5) is 4.66. The molecule has 0 amide bonds. The Balaban J connectivity index is 2.12. The maximum atomic E-state index is 5.92. The minimum atomic E-state index is 0.114. The van der Waals surface area contributed by atoms with E-state index in [-0.39, 0.29) is 6.10 Å². The lowest BCUT2D eigenvalue weighted by Crippen LogP contribution is -2.41. The van der Waals surface area contributed by atoms with Crippen molar-refractivity contribution in [2.24, 2.45) is 0 Å². The van der Waals surface area contributed by atoms with Crippen LogP contribution in [0.15, 0.2) is 0 Å². The van der Waals surface area contributed by atoms with Gasteiger partial charge in [0.2, 0.25) is 0 Å². The smallest absolute Gasteiger partial charge is 0.198 e. The summed E-state index contributed by atoms with van der Waals surface area (Å²) in [7, 11) is 4.30. The fraction of sp³-hybridized carbons (Fsp3) is 0.769. The number of nitrogens with two attached hydrogens (primary N) is 1. The summed E-state index contributed by atoms with van der Waals surface area (Å²) in [5.41, 5.74) is 5.92. The van der Waals surface area contributed by atoms with E-state index in [0.717, 1.165) is 23.8 Å². The lowest BCUT2D eigenvalue weighted by molar-refractivity contribution is 0.240. The second kappa shape index (κ2) is 5.96. The molecule has 0 atom stereocenters. The van der Waals surface area contributed by atoms with Crippen molar-refractivity contribution >= 4 is 22.4 Å². The topological polar surface area (TPSA) is 54.6 Å². The van der Waals surface area contributed by atoms with Crippen molar-refractivity contribution in [3.63, 3.8) is 0 Å². The number of ether oxygens (including phenoxy) is 1. The van der Waals surface area contributed by atoms with Crippen LogP contribution in [0.3, 0.4) is 0 Å². The van der Waals surface area contributed by atoms with Crippen LogP contribution in [0, 0.1) is 0 Å². The second-order valence-corrected chi connectivity index (χ2v) is 6.27. The van der Waals surface area contributed by atoms with E-state index in [1.54, 1.807) is 0 Å². The third kappa shape index (κ3) is 3.30. The number of likely N-dealkylation sites (tertiary alicyclic amines) is 1. The lowest BCUT2D eigenvalue weighted by Gasteiger charge is -2.35. The van der Waals surface area contributed by atoms with Gasteiger partial charge in [-0.3, -0.25) is 0 Å². The largest absolute Gasteiger partial charge is 0.484 e. The van der Waals surface area contributed by atoms with Gasteiger partial charge in [-0.25, -0.2) is 0 Å². The van der Waals surface area contributed by atoms with Crippen LogP contribution in [0.4, 0.5) is 10.8 Å². The number of hydrogen-bond donors (Lipinski definition) is 1. The molecule has 0 radical (unpaired) electrons. The molecule has 0 bridgehead atoms. The standard InChI is InChI=1S/C13H24N4OS/c1-9(2)18-11-12(14)15-19-13(11)17(4)10-5-7-16(3)8-6-10/h9-10H,5-8H2,1-4H3,(H2,14,15). The van der Waals surface area contributed by atoms with Crippen molar-refractivity contribution in [1.82, 2.24) is 9.27 Å². The normalized spacial score (nSPS) is 17.9. The average molecular weight is 284 g/mol. The molecule has 2 N–H and O–H groups in total. The fourth-order valence-corrected chi connectivity index (χ4v) is 3.19. The van der Waals surface area contributed by atoms with Gasteiger partial charge < -0.3 is 20.3 Å². The van der Waals surface area contributed by atoms with E-state index in [1.807, 2.05) is 13.8 Å². The maximum Gasteiger partial charge on any atom is 0.198 e. The Morgan fingerprint density at radius 1 is 1.42 bits per heavy atom. The van der Waals surface area contributed by atoms with E-state index >= 15 is 0 Å². The average Bonchev–Trinajstić information content (AvgIpc) is 2.71. The highest BCUT2D eigenvalue weighted by Crippen LogP contribution is 2.40. The zero-order valence-electron chi connectivity index (χ0n) is 12.2. The Kier molecular flexibility index (Phi) is 4.52. The number of anilines is 2. The molecule has 2 heterocycles. The SMILES string of the molecule is CC(C)Oc1c(N)nsc1N(C)C1CCN(C)CC1. The van der Waals surface area contributed by atoms with Gasteiger partial charge in [0.25, 0.3) is 0 Å². The summed E-state index contributed by atoms with van der Waals surface area (Å²) in [6.07, 6.45) is 2.46. The van der Waals surface area contributed by atoms with E-state index in [1.165, 1.54) is 24.4 Å². The van der Waals surface area contributed by atoms with Gasteiger partial charge in [0, 0.05) is 13.1 Å². The highest BCUT2D eigenvalue weighted by Gasteiger charge is 2.26. The maximum absolute atomic E-state index is 5.92. The van der Waals surface area contributed by atoms with Crippen LogP contribution in [-0.2, 0) is 0 Å². The first-order valence-electron chi connectivity index (χ1n) is 6.82. The molecule has 0 unspecified atom stereocenters. The van der Waals surface area contributed by atoms with Crippen LogP contribution < -0.4 is 15.4 Å². The molecule has 1 aliphatic rings. The predicted octanol–water partition coefficient (Wildman–Crippen LogP) is 2.04.